The summed E-state index contributed by atoms with van der Waals surface area (Å²) in [6.45, 7) is 2.26. The van der Waals surface area contributed by atoms with Crippen molar-refractivity contribution >= 4 is 16.0 Å². The second kappa shape index (κ2) is 5.98. The second-order valence-electron chi connectivity index (χ2n) is 4.44. The van der Waals surface area contributed by atoms with E-state index in [1.54, 1.807) is 0 Å². The largest absolute Gasteiger partial charge is 0.368 e. The molecule has 7 heteroatoms. The maximum Gasteiger partial charge on any atom is 0.243 e. The van der Waals surface area contributed by atoms with Crippen LogP contribution in [0.4, 0.5) is 5.95 Å². The van der Waals surface area contributed by atoms with Crippen LogP contribution in [-0.4, -0.2) is 24.9 Å². The third-order valence-corrected chi connectivity index (χ3v) is 4.28. The van der Waals surface area contributed by atoms with E-state index in [9.17, 15) is 8.42 Å². The first-order valence-electron chi connectivity index (χ1n) is 6.11. The molecule has 1 atom stereocenters. The minimum absolute atomic E-state index is 0.00645. The first-order chi connectivity index (χ1) is 9.49. The van der Waals surface area contributed by atoms with Crippen LogP contribution in [0, 0.1) is 0 Å². The Balaban J connectivity index is 2.04. The van der Waals surface area contributed by atoms with Gasteiger partial charge >= 0.3 is 0 Å². The van der Waals surface area contributed by atoms with Gasteiger partial charge in [-0.25, -0.2) is 23.1 Å². The van der Waals surface area contributed by atoms with Crippen molar-refractivity contribution in [2.24, 2.45) is 0 Å². The number of rotatable bonds is 5. The molecule has 1 unspecified atom stereocenters. The van der Waals surface area contributed by atoms with Gasteiger partial charge in [0.1, 0.15) is 4.90 Å². The summed E-state index contributed by atoms with van der Waals surface area (Å²) in [6, 6.07) is 9.70. The quantitative estimate of drug-likeness (QED) is 0.861. The summed E-state index contributed by atoms with van der Waals surface area (Å²) < 4.78 is 26.6. The molecular weight excluding hydrogens is 276 g/mol. The molecule has 0 aliphatic heterocycles. The van der Waals surface area contributed by atoms with Crippen molar-refractivity contribution in [2.45, 2.75) is 17.7 Å². The van der Waals surface area contributed by atoms with E-state index in [-0.39, 0.29) is 16.8 Å². The highest BCUT2D eigenvalue weighted by Crippen LogP contribution is 2.14. The highest BCUT2D eigenvalue weighted by Gasteiger charge is 2.16. The van der Waals surface area contributed by atoms with Crippen molar-refractivity contribution in [3.8, 4) is 0 Å². The van der Waals surface area contributed by atoms with Crippen LogP contribution in [0.3, 0.4) is 0 Å². The normalized spacial score (nSPS) is 13.1. The van der Waals surface area contributed by atoms with E-state index in [0.717, 1.165) is 5.56 Å². The molecule has 0 bridgehead atoms. The first-order valence-corrected chi connectivity index (χ1v) is 7.59. The Kier molecular flexibility index (Phi) is 4.31. The molecule has 0 fully saturated rings. The summed E-state index contributed by atoms with van der Waals surface area (Å²) in [5.41, 5.74) is 6.40. The third-order valence-electron chi connectivity index (χ3n) is 2.91. The Morgan fingerprint density at radius 1 is 1.20 bits per heavy atom. The van der Waals surface area contributed by atoms with E-state index in [1.165, 1.54) is 12.4 Å². The fourth-order valence-electron chi connectivity index (χ4n) is 1.68. The number of hydrogen-bond acceptors (Lipinski definition) is 5. The summed E-state index contributed by atoms with van der Waals surface area (Å²) in [4.78, 5) is 7.36. The fraction of sp³-hybridized carbons (Fsp3) is 0.231. The number of nitrogens with one attached hydrogen (secondary N) is 1. The molecule has 1 heterocycles. The minimum Gasteiger partial charge on any atom is -0.368 e. The molecule has 1 aromatic carbocycles. The zero-order valence-corrected chi connectivity index (χ0v) is 11.8. The number of aromatic nitrogens is 2. The van der Waals surface area contributed by atoms with Crippen molar-refractivity contribution in [3.63, 3.8) is 0 Å². The average Bonchev–Trinajstić information content (AvgIpc) is 2.46. The monoisotopic (exact) mass is 292 g/mol. The highest BCUT2D eigenvalue weighted by atomic mass is 32.2. The lowest BCUT2D eigenvalue weighted by atomic mass is 10.0. The van der Waals surface area contributed by atoms with E-state index in [1.807, 2.05) is 37.3 Å². The van der Waals surface area contributed by atoms with Gasteiger partial charge in [-0.15, -0.1) is 0 Å². The molecule has 2 rings (SSSR count). The van der Waals surface area contributed by atoms with Gasteiger partial charge in [-0.3, -0.25) is 0 Å². The van der Waals surface area contributed by atoms with E-state index in [4.69, 9.17) is 5.73 Å². The van der Waals surface area contributed by atoms with Crippen LogP contribution in [0.2, 0.25) is 0 Å². The van der Waals surface area contributed by atoms with E-state index in [2.05, 4.69) is 14.7 Å². The van der Waals surface area contributed by atoms with Gasteiger partial charge in [0, 0.05) is 6.54 Å². The van der Waals surface area contributed by atoms with E-state index in [0.29, 0.717) is 6.54 Å². The molecule has 0 spiro atoms. The number of nitrogens with zero attached hydrogens (tertiary/aromatic N) is 2. The van der Waals surface area contributed by atoms with Gasteiger partial charge in [0.25, 0.3) is 0 Å². The van der Waals surface area contributed by atoms with Crippen LogP contribution in [0.5, 0.6) is 0 Å². The van der Waals surface area contributed by atoms with Crippen molar-refractivity contribution in [2.75, 3.05) is 12.3 Å². The summed E-state index contributed by atoms with van der Waals surface area (Å²) >= 11 is 0. The zero-order chi connectivity index (χ0) is 14.6. The third kappa shape index (κ3) is 3.52. The van der Waals surface area contributed by atoms with Gasteiger partial charge in [-0.05, 0) is 11.5 Å². The number of nitrogens with two attached hydrogens (primary N) is 1. The number of anilines is 1. The fourth-order valence-corrected chi connectivity index (χ4v) is 2.70. The number of benzene rings is 1. The predicted molar refractivity (Wildman–Crippen MR) is 76.5 cm³/mol. The molecule has 1 aromatic heterocycles. The van der Waals surface area contributed by atoms with Crippen LogP contribution in [0.15, 0.2) is 47.6 Å². The summed E-state index contributed by atoms with van der Waals surface area (Å²) in [7, 11) is -3.61. The lowest BCUT2D eigenvalue weighted by molar-refractivity contribution is 0.574. The van der Waals surface area contributed by atoms with E-state index < -0.39 is 10.0 Å². The molecule has 2 aromatic rings. The van der Waals surface area contributed by atoms with Crippen LogP contribution >= 0.6 is 0 Å². The summed E-state index contributed by atoms with van der Waals surface area (Å²) in [6.07, 6.45) is 2.38. The van der Waals surface area contributed by atoms with Gasteiger partial charge in [-0.2, -0.15) is 0 Å². The molecule has 0 aliphatic rings. The molecule has 6 nitrogen and oxygen atoms in total. The Morgan fingerprint density at radius 3 is 2.40 bits per heavy atom. The average molecular weight is 292 g/mol. The van der Waals surface area contributed by atoms with Crippen molar-refractivity contribution in [1.82, 2.24) is 14.7 Å². The van der Waals surface area contributed by atoms with Crippen molar-refractivity contribution < 1.29 is 8.42 Å². The molecule has 0 aliphatic carbocycles. The molecule has 0 saturated heterocycles. The lowest BCUT2D eigenvalue weighted by Gasteiger charge is -2.13. The van der Waals surface area contributed by atoms with Gasteiger partial charge in [-0.1, -0.05) is 37.3 Å². The molecule has 0 saturated carbocycles. The van der Waals surface area contributed by atoms with Gasteiger partial charge in [0.2, 0.25) is 16.0 Å². The Labute approximate surface area is 118 Å². The van der Waals surface area contributed by atoms with Gasteiger partial charge < -0.3 is 5.73 Å². The summed E-state index contributed by atoms with van der Waals surface area (Å²) in [5.74, 6) is 0.113. The van der Waals surface area contributed by atoms with Crippen LogP contribution < -0.4 is 10.5 Å². The SMILES string of the molecule is CC(CNS(=O)(=O)c1cnc(N)nc1)c1ccccc1. The maximum absolute atomic E-state index is 12.0. The smallest absolute Gasteiger partial charge is 0.243 e. The van der Waals surface area contributed by atoms with Crippen molar-refractivity contribution in [3.05, 3.63) is 48.3 Å². The molecule has 0 radical (unpaired) electrons. The highest BCUT2D eigenvalue weighted by molar-refractivity contribution is 7.89. The zero-order valence-electron chi connectivity index (χ0n) is 11.0. The van der Waals surface area contributed by atoms with Crippen LogP contribution in [0.1, 0.15) is 18.4 Å². The molecular formula is C13H16N4O2S. The maximum atomic E-state index is 12.0. The standard InChI is InChI=1S/C13H16N4O2S/c1-10(11-5-3-2-4-6-11)7-17-20(18,19)12-8-15-13(14)16-9-12/h2-6,8-10,17H,7H2,1H3,(H2,14,15,16). The van der Waals surface area contributed by atoms with Crippen molar-refractivity contribution in [1.29, 1.82) is 0 Å². The van der Waals surface area contributed by atoms with E-state index >= 15 is 0 Å². The second-order valence-corrected chi connectivity index (χ2v) is 6.21. The van der Waals surface area contributed by atoms with Crippen LogP contribution in [-0.2, 0) is 10.0 Å². The predicted octanol–water partition coefficient (Wildman–Crippen LogP) is 1.14. The summed E-state index contributed by atoms with van der Waals surface area (Å²) in [5, 5.41) is 0. The number of nitrogen functional groups attached to an aromatic ring is 1. The number of sulfonamides is 1. The Hall–Kier alpha value is -1.99. The first kappa shape index (κ1) is 14.4. The lowest BCUT2D eigenvalue weighted by Crippen LogP contribution is -2.28. The molecule has 20 heavy (non-hydrogen) atoms. The van der Waals surface area contributed by atoms with Gasteiger partial charge in [0.15, 0.2) is 0 Å². The molecule has 0 amide bonds. The molecule has 106 valence electrons. The minimum atomic E-state index is -3.61. The van der Waals surface area contributed by atoms with Crippen LogP contribution in [0.25, 0.3) is 0 Å². The topological polar surface area (TPSA) is 98.0 Å². The number of hydrogen-bond donors (Lipinski definition) is 2. The molecule has 3 N–H and O–H groups in total. The Morgan fingerprint density at radius 2 is 1.80 bits per heavy atom. The Bertz CT molecular complexity index is 657. The van der Waals surface area contributed by atoms with Gasteiger partial charge in [0.05, 0.1) is 12.4 Å².